The predicted molar refractivity (Wildman–Crippen MR) is 68.0 cm³/mol. The SMILES string of the molecule is C#CCNC(=O)COC(=O)c1cc(C)ccc1C. The lowest BCUT2D eigenvalue weighted by Crippen LogP contribution is -2.29. The van der Waals surface area contributed by atoms with Crippen LogP contribution in [0.5, 0.6) is 0 Å². The zero-order valence-electron chi connectivity index (χ0n) is 10.4. The largest absolute Gasteiger partial charge is 0.452 e. The summed E-state index contributed by atoms with van der Waals surface area (Å²) in [5.41, 5.74) is 2.25. The second-order valence-electron chi connectivity index (χ2n) is 3.88. The summed E-state index contributed by atoms with van der Waals surface area (Å²) in [5.74, 6) is 1.34. The number of hydrogen-bond donors (Lipinski definition) is 1. The van der Waals surface area contributed by atoms with Gasteiger partial charge in [-0.3, -0.25) is 4.79 Å². The van der Waals surface area contributed by atoms with Gasteiger partial charge in [0, 0.05) is 0 Å². The highest BCUT2D eigenvalue weighted by Crippen LogP contribution is 2.11. The van der Waals surface area contributed by atoms with Crippen molar-refractivity contribution in [1.29, 1.82) is 0 Å². The minimum atomic E-state index is -0.507. The van der Waals surface area contributed by atoms with Crippen molar-refractivity contribution in [3.05, 3.63) is 34.9 Å². The fourth-order valence-corrected chi connectivity index (χ4v) is 1.37. The number of nitrogens with one attached hydrogen (secondary N) is 1. The molecule has 18 heavy (non-hydrogen) atoms. The highest BCUT2D eigenvalue weighted by atomic mass is 16.5. The summed E-state index contributed by atoms with van der Waals surface area (Å²) in [5, 5.41) is 2.41. The molecule has 4 nitrogen and oxygen atoms in total. The number of carbonyl (C=O) groups excluding carboxylic acids is 2. The van der Waals surface area contributed by atoms with Gasteiger partial charge >= 0.3 is 5.97 Å². The second kappa shape index (κ2) is 6.45. The topological polar surface area (TPSA) is 55.4 Å². The molecular formula is C14H15NO3. The molecule has 0 spiro atoms. The number of aryl methyl sites for hydroxylation is 2. The Kier molecular flexibility index (Phi) is 4.94. The van der Waals surface area contributed by atoms with E-state index in [9.17, 15) is 9.59 Å². The zero-order valence-corrected chi connectivity index (χ0v) is 10.4. The molecule has 0 atom stereocenters. The Morgan fingerprint density at radius 2 is 2.11 bits per heavy atom. The van der Waals surface area contributed by atoms with Crippen LogP contribution in [0.3, 0.4) is 0 Å². The molecule has 0 aromatic heterocycles. The van der Waals surface area contributed by atoms with Gasteiger partial charge in [0.25, 0.3) is 5.91 Å². The molecule has 0 saturated carbocycles. The molecule has 94 valence electrons. The molecule has 1 rings (SSSR count). The number of esters is 1. The van der Waals surface area contributed by atoms with Crippen molar-refractivity contribution >= 4 is 11.9 Å². The molecule has 1 amide bonds. The molecule has 4 heteroatoms. The fraction of sp³-hybridized carbons (Fsp3) is 0.286. The first-order valence-electron chi connectivity index (χ1n) is 5.49. The van der Waals surface area contributed by atoms with Crippen LogP contribution >= 0.6 is 0 Å². The Labute approximate surface area is 106 Å². The second-order valence-corrected chi connectivity index (χ2v) is 3.88. The Morgan fingerprint density at radius 1 is 1.39 bits per heavy atom. The maximum Gasteiger partial charge on any atom is 0.338 e. The molecule has 1 aromatic rings. The van der Waals surface area contributed by atoms with Gasteiger partial charge in [0.1, 0.15) is 0 Å². The van der Waals surface area contributed by atoms with E-state index < -0.39 is 11.9 Å². The quantitative estimate of drug-likeness (QED) is 0.640. The number of hydrogen-bond acceptors (Lipinski definition) is 3. The van der Waals surface area contributed by atoms with Crippen LogP contribution in [0.15, 0.2) is 18.2 Å². The summed E-state index contributed by atoms with van der Waals surface area (Å²) in [6.07, 6.45) is 4.99. The number of amides is 1. The lowest BCUT2D eigenvalue weighted by Gasteiger charge is -2.07. The van der Waals surface area contributed by atoms with E-state index in [0.717, 1.165) is 11.1 Å². The smallest absolute Gasteiger partial charge is 0.338 e. The molecule has 0 heterocycles. The average molecular weight is 245 g/mol. The van der Waals surface area contributed by atoms with Crippen LogP contribution in [0.2, 0.25) is 0 Å². The first-order chi connectivity index (χ1) is 8.54. The van der Waals surface area contributed by atoms with Crippen molar-refractivity contribution in [1.82, 2.24) is 5.32 Å². The van der Waals surface area contributed by atoms with Gasteiger partial charge in [0.05, 0.1) is 12.1 Å². The highest BCUT2D eigenvalue weighted by molar-refractivity contribution is 5.92. The van der Waals surface area contributed by atoms with Gasteiger partial charge in [-0.25, -0.2) is 4.79 Å². The van der Waals surface area contributed by atoms with E-state index >= 15 is 0 Å². The minimum absolute atomic E-state index is 0.125. The summed E-state index contributed by atoms with van der Waals surface area (Å²) < 4.78 is 4.90. The van der Waals surface area contributed by atoms with Gasteiger partial charge in [-0.1, -0.05) is 23.6 Å². The summed E-state index contributed by atoms with van der Waals surface area (Å²) in [6, 6.07) is 5.48. The van der Waals surface area contributed by atoms with Crippen molar-refractivity contribution < 1.29 is 14.3 Å². The van der Waals surface area contributed by atoms with E-state index in [1.165, 1.54) is 0 Å². The van der Waals surface area contributed by atoms with Crippen molar-refractivity contribution in [2.24, 2.45) is 0 Å². The monoisotopic (exact) mass is 245 g/mol. The predicted octanol–water partition coefficient (Wildman–Crippen LogP) is 1.21. The summed E-state index contributed by atoms with van der Waals surface area (Å²) in [6.45, 7) is 3.50. The fourth-order valence-electron chi connectivity index (χ4n) is 1.37. The first-order valence-corrected chi connectivity index (χ1v) is 5.49. The Morgan fingerprint density at radius 3 is 2.78 bits per heavy atom. The van der Waals surface area contributed by atoms with Gasteiger partial charge in [0.15, 0.2) is 6.61 Å². The van der Waals surface area contributed by atoms with E-state index in [4.69, 9.17) is 11.2 Å². The van der Waals surface area contributed by atoms with E-state index in [-0.39, 0.29) is 13.2 Å². The number of terminal acetylenes is 1. The molecule has 0 aliphatic rings. The van der Waals surface area contributed by atoms with Crippen LogP contribution in [0.4, 0.5) is 0 Å². The molecule has 0 saturated heterocycles. The molecular weight excluding hydrogens is 230 g/mol. The maximum absolute atomic E-state index is 11.8. The van der Waals surface area contributed by atoms with E-state index in [0.29, 0.717) is 5.56 Å². The maximum atomic E-state index is 11.8. The van der Waals surface area contributed by atoms with Crippen LogP contribution in [-0.4, -0.2) is 25.0 Å². The molecule has 1 N–H and O–H groups in total. The number of rotatable bonds is 4. The molecule has 1 aromatic carbocycles. The number of ether oxygens (including phenoxy) is 1. The zero-order chi connectivity index (χ0) is 13.5. The standard InChI is InChI=1S/C14H15NO3/c1-4-7-15-13(16)9-18-14(17)12-8-10(2)5-6-11(12)3/h1,5-6,8H,7,9H2,2-3H3,(H,15,16). The van der Waals surface area contributed by atoms with Gasteiger partial charge < -0.3 is 10.1 Å². The third-order valence-electron chi connectivity index (χ3n) is 2.33. The van der Waals surface area contributed by atoms with Crippen LogP contribution in [-0.2, 0) is 9.53 Å². The van der Waals surface area contributed by atoms with Crippen LogP contribution in [0.1, 0.15) is 21.5 Å². The van der Waals surface area contributed by atoms with Crippen LogP contribution < -0.4 is 5.32 Å². The van der Waals surface area contributed by atoms with Crippen LogP contribution in [0.25, 0.3) is 0 Å². The Hall–Kier alpha value is -2.28. The Balaban J connectivity index is 2.58. The Bertz CT molecular complexity index is 500. The molecule has 0 bridgehead atoms. The summed E-state index contributed by atoms with van der Waals surface area (Å²) in [7, 11) is 0. The van der Waals surface area contributed by atoms with Crippen molar-refractivity contribution in [2.75, 3.05) is 13.2 Å². The lowest BCUT2D eigenvalue weighted by atomic mass is 10.1. The van der Waals surface area contributed by atoms with Crippen molar-refractivity contribution in [2.45, 2.75) is 13.8 Å². The van der Waals surface area contributed by atoms with Gasteiger partial charge in [-0.2, -0.15) is 0 Å². The van der Waals surface area contributed by atoms with Gasteiger partial charge in [-0.15, -0.1) is 6.42 Å². The number of benzene rings is 1. The molecule has 0 unspecified atom stereocenters. The average Bonchev–Trinajstić information content (AvgIpc) is 2.36. The van der Waals surface area contributed by atoms with E-state index in [1.54, 1.807) is 6.07 Å². The molecule has 0 fully saturated rings. The first kappa shape index (κ1) is 13.8. The third-order valence-corrected chi connectivity index (χ3v) is 2.33. The normalized spacial score (nSPS) is 9.39. The van der Waals surface area contributed by atoms with E-state index in [1.807, 2.05) is 26.0 Å². The summed E-state index contributed by atoms with van der Waals surface area (Å²) in [4.78, 5) is 23.0. The molecule has 0 radical (unpaired) electrons. The van der Waals surface area contributed by atoms with Gasteiger partial charge in [-0.05, 0) is 25.5 Å². The van der Waals surface area contributed by atoms with Crippen molar-refractivity contribution in [3.8, 4) is 12.3 Å². The van der Waals surface area contributed by atoms with Gasteiger partial charge in [0.2, 0.25) is 0 Å². The third kappa shape index (κ3) is 3.95. The van der Waals surface area contributed by atoms with Crippen LogP contribution in [0, 0.1) is 26.2 Å². The minimum Gasteiger partial charge on any atom is -0.452 e. The number of carbonyl (C=O) groups is 2. The van der Waals surface area contributed by atoms with Crippen molar-refractivity contribution in [3.63, 3.8) is 0 Å². The molecule has 0 aliphatic carbocycles. The highest BCUT2D eigenvalue weighted by Gasteiger charge is 2.12. The summed E-state index contributed by atoms with van der Waals surface area (Å²) >= 11 is 0. The van der Waals surface area contributed by atoms with E-state index in [2.05, 4.69) is 11.2 Å². The molecule has 0 aliphatic heterocycles. The lowest BCUT2D eigenvalue weighted by molar-refractivity contribution is -0.123.